The number of carbonyl (C=O) groups excluding carboxylic acids is 2. The number of amides is 2. The lowest BCUT2D eigenvalue weighted by molar-refractivity contribution is -0.170. The highest BCUT2D eigenvalue weighted by molar-refractivity contribution is 5.77. The minimum atomic E-state index is -0.475. The van der Waals surface area contributed by atoms with Crippen LogP contribution in [0.15, 0.2) is 0 Å². The molecule has 0 aromatic carbocycles. The van der Waals surface area contributed by atoms with Gasteiger partial charge in [-0.15, -0.1) is 0 Å². The molecule has 0 aliphatic carbocycles. The van der Waals surface area contributed by atoms with E-state index in [0.717, 1.165) is 5.06 Å². The van der Waals surface area contributed by atoms with Crippen molar-refractivity contribution >= 4 is 12.0 Å². The third kappa shape index (κ3) is 1.37. The van der Waals surface area contributed by atoms with Crippen molar-refractivity contribution in [2.24, 2.45) is 0 Å². The first kappa shape index (κ1) is 6.85. The Hall–Kier alpha value is -1.26. The van der Waals surface area contributed by atoms with E-state index in [1.807, 2.05) is 0 Å². The summed E-state index contributed by atoms with van der Waals surface area (Å²) in [6, 6.07) is -0.352. The number of nitrogens with zero attached hydrogens (tertiary/aromatic N) is 1. The lowest BCUT2D eigenvalue weighted by Gasteiger charge is -2.10. The van der Waals surface area contributed by atoms with Crippen LogP contribution in [0, 0.1) is 0 Å². The molecule has 0 bridgehead atoms. The van der Waals surface area contributed by atoms with E-state index in [-0.39, 0.29) is 6.03 Å². The number of rotatable bonds is 1. The molecule has 0 aromatic rings. The van der Waals surface area contributed by atoms with E-state index in [2.05, 4.69) is 10.2 Å². The molecule has 0 aromatic heterocycles. The molecule has 5 nitrogen and oxygen atoms in total. The van der Waals surface area contributed by atoms with Crippen LogP contribution in [0.2, 0.25) is 0 Å². The van der Waals surface area contributed by atoms with E-state index < -0.39 is 5.97 Å². The molecule has 1 N–H and O–H groups in total. The zero-order chi connectivity index (χ0) is 7.56. The summed E-state index contributed by atoms with van der Waals surface area (Å²) < 4.78 is 0. The highest BCUT2D eigenvalue weighted by Gasteiger charge is 2.21. The molecule has 0 radical (unpaired) electrons. The molecule has 1 heterocycles. The molecule has 10 heavy (non-hydrogen) atoms. The second-order valence-corrected chi connectivity index (χ2v) is 1.92. The van der Waals surface area contributed by atoms with Crippen LogP contribution in [-0.2, 0) is 9.63 Å². The SMILES string of the molecule is CC(=O)ON1CCNC1=O. The molecule has 1 aliphatic rings. The van der Waals surface area contributed by atoms with Crippen molar-refractivity contribution in [1.82, 2.24) is 10.4 Å². The summed E-state index contributed by atoms with van der Waals surface area (Å²) in [6.45, 7) is 2.22. The lowest BCUT2D eigenvalue weighted by atomic mass is 10.7. The van der Waals surface area contributed by atoms with Gasteiger partial charge in [0.2, 0.25) is 0 Å². The lowest BCUT2D eigenvalue weighted by Crippen LogP contribution is -2.29. The van der Waals surface area contributed by atoms with E-state index in [1.54, 1.807) is 0 Å². The molecule has 0 atom stereocenters. The number of urea groups is 1. The molecule has 56 valence electrons. The van der Waals surface area contributed by atoms with E-state index >= 15 is 0 Å². The fourth-order valence-corrected chi connectivity index (χ4v) is 0.696. The van der Waals surface area contributed by atoms with E-state index in [9.17, 15) is 9.59 Å². The number of hydroxylamine groups is 2. The van der Waals surface area contributed by atoms with Crippen LogP contribution in [0.25, 0.3) is 0 Å². The normalized spacial score (nSPS) is 16.9. The van der Waals surface area contributed by atoms with Crippen LogP contribution in [-0.4, -0.2) is 30.2 Å². The first-order valence-corrected chi connectivity index (χ1v) is 2.94. The molecule has 2 amide bonds. The van der Waals surface area contributed by atoms with Crippen molar-refractivity contribution in [3.63, 3.8) is 0 Å². The minimum Gasteiger partial charge on any atom is -0.337 e. The standard InChI is InChI=1S/C5H8N2O3/c1-4(8)10-7-3-2-6-5(7)9/h2-3H2,1H3,(H,6,9). The predicted octanol–water partition coefficient (Wildman–Crippen LogP) is -0.510. The molecular formula is C5H8N2O3. The van der Waals surface area contributed by atoms with Gasteiger partial charge in [0.25, 0.3) is 0 Å². The Morgan fingerprint density at radius 1 is 1.80 bits per heavy atom. The molecule has 1 saturated heterocycles. The molecule has 1 fully saturated rings. The number of hydrogen-bond acceptors (Lipinski definition) is 3. The van der Waals surface area contributed by atoms with E-state index in [1.165, 1.54) is 6.92 Å². The Bertz CT molecular complexity index is 168. The van der Waals surface area contributed by atoms with Crippen molar-refractivity contribution in [1.29, 1.82) is 0 Å². The fraction of sp³-hybridized carbons (Fsp3) is 0.600. The van der Waals surface area contributed by atoms with Crippen molar-refractivity contribution in [2.45, 2.75) is 6.92 Å². The highest BCUT2D eigenvalue weighted by atomic mass is 16.7. The summed E-state index contributed by atoms with van der Waals surface area (Å²) in [4.78, 5) is 25.5. The largest absolute Gasteiger partial charge is 0.350 e. The topological polar surface area (TPSA) is 58.6 Å². The summed E-state index contributed by atoms with van der Waals surface area (Å²) in [6.07, 6.45) is 0. The van der Waals surface area contributed by atoms with Crippen LogP contribution in [0.5, 0.6) is 0 Å². The van der Waals surface area contributed by atoms with Gasteiger partial charge in [-0.25, -0.2) is 4.79 Å². The van der Waals surface area contributed by atoms with Crippen LogP contribution >= 0.6 is 0 Å². The fourth-order valence-electron chi connectivity index (χ4n) is 0.696. The van der Waals surface area contributed by atoms with Gasteiger partial charge < -0.3 is 10.2 Å². The number of nitrogens with one attached hydrogen (secondary N) is 1. The maximum atomic E-state index is 10.6. The van der Waals surface area contributed by atoms with Gasteiger partial charge in [0.1, 0.15) is 0 Å². The third-order valence-electron chi connectivity index (χ3n) is 1.06. The van der Waals surface area contributed by atoms with Crippen molar-refractivity contribution < 1.29 is 14.4 Å². The predicted molar refractivity (Wildman–Crippen MR) is 31.9 cm³/mol. The first-order chi connectivity index (χ1) is 4.70. The quantitative estimate of drug-likeness (QED) is 0.539. The summed E-state index contributed by atoms with van der Waals surface area (Å²) in [5.74, 6) is -0.475. The van der Waals surface area contributed by atoms with E-state index in [4.69, 9.17) is 0 Å². The monoisotopic (exact) mass is 144 g/mol. The van der Waals surface area contributed by atoms with Gasteiger partial charge in [0.05, 0.1) is 6.54 Å². The highest BCUT2D eigenvalue weighted by Crippen LogP contribution is 1.96. The Morgan fingerprint density at radius 2 is 2.50 bits per heavy atom. The molecular weight excluding hydrogens is 136 g/mol. The van der Waals surface area contributed by atoms with Gasteiger partial charge in [-0.3, -0.25) is 4.79 Å². The summed E-state index contributed by atoms with van der Waals surface area (Å²) in [7, 11) is 0. The Labute approximate surface area is 57.9 Å². The van der Waals surface area contributed by atoms with Crippen molar-refractivity contribution in [3.05, 3.63) is 0 Å². The van der Waals surface area contributed by atoms with Crippen LogP contribution in [0.3, 0.4) is 0 Å². The maximum Gasteiger partial charge on any atom is 0.350 e. The zero-order valence-corrected chi connectivity index (χ0v) is 5.59. The second-order valence-electron chi connectivity index (χ2n) is 1.92. The Morgan fingerprint density at radius 3 is 2.90 bits per heavy atom. The maximum absolute atomic E-state index is 10.6. The van der Waals surface area contributed by atoms with Crippen molar-refractivity contribution in [2.75, 3.05) is 13.1 Å². The Kier molecular flexibility index (Phi) is 1.75. The average Bonchev–Trinajstić information content (AvgIpc) is 2.15. The van der Waals surface area contributed by atoms with Gasteiger partial charge in [-0.2, -0.15) is 5.06 Å². The first-order valence-electron chi connectivity index (χ1n) is 2.94. The zero-order valence-electron chi connectivity index (χ0n) is 5.59. The second kappa shape index (κ2) is 2.55. The number of carbonyl (C=O) groups is 2. The van der Waals surface area contributed by atoms with Gasteiger partial charge >= 0.3 is 12.0 Å². The molecule has 5 heteroatoms. The molecule has 0 unspecified atom stereocenters. The molecule has 1 rings (SSSR count). The summed E-state index contributed by atoms with van der Waals surface area (Å²) in [5, 5.41) is 3.49. The number of hydrogen-bond donors (Lipinski definition) is 1. The van der Waals surface area contributed by atoms with Crippen LogP contribution < -0.4 is 5.32 Å². The summed E-state index contributed by atoms with van der Waals surface area (Å²) >= 11 is 0. The smallest absolute Gasteiger partial charge is 0.337 e. The van der Waals surface area contributed by atoms with Gasteiger partial charge in [0.15, 0.2) is 0 Å². The van der Waals surface area contributed by atoms with E-state index in [0.29, 0.717) is 13.1 Å². The minimum absolute atomic E-state index is 0.352. The summed E-state index contributed by atoms with van der Waals surface area (Å²) in [5.41, 5.74) is 0. The van der Waals surface area contributed by atoms with Gasteiger partial charge in [-0.05, 0) is 0 Å². The van der Waals surface area contributed by atoms with Gasteiger partial charge in [-0.1, -0.05) is 0 Å². The molecule has 1 aliphatic heterocycles. The van der Waals surface area contributed by atoms with Gasteiger partial charge in [0, 0.05) is 13.5 Å². The molecule has 0 saturated carbocycles. The Balaban J connectivity index is 2.40. The van der Waals surface area contributed by atoms with Crippen LogP contribution in [0.4, 0.5) is 4.79 Å². The third-order valence-corrected chi connectivity index (χ3v) is 1.06. The van der Waals surface area contributed by atoms with Crippen molar-refractivity contribution in [3.8, 4) is 0 Å². The van der Waals surface area contributed by atoms with Crippen LogP contribution in [0.1, 0.15) is 6.92 Å². The molecule has 0 spiro atoms. The average molecular weight is 144 g/mol.